The van der Waals surface area contributed by atoms with Gasteiger partial charge in [0, 0.05) is 11.6 Å². The van der Waals surface area contributed by atoms with Crippen LogP contribution in [0.2, 0.25) is 0 Å². The van der Waals surface area contributed by atoms with E-state index in [1.54, 1.807) is 24.3 Å². The second kappa shape index (κ2) is 10.1. The van der Waals surface area contributed by atoms with E-state index in [2.05, 4.69) is 10.6 Å². The SMILES string of the molecule is CC(C)[C@H](NC(=O)Cc1ccccc1)C(=O)O[C@@H](C(=O)NC1CC1)c1ccccc1. The maximum Gasteiger partial charge on any atom is 0.330 e. The van der Waals surface area contributed by atoms with E-state index in [1.807, 2.05) is 50.2 Å². The highest BCUT2D eigenvalue weighted by Crippen LogP contribution is 2.24. The molecule has 158 valence electrons. The van der Waals surface area contributed by atoms with Crippen molar-refractivity contribution in [3.63, 3.8) is 0 Å². The monoisotopic (exact) mass is 408 g/mol. The predicted octanol–water partition coefficient (Wildman–Crippen LogP) is 2.93. The van der Waals surface area contributed by atoms with E-state index in [1.165, 1.54) is 0 Å². The Balaban J connectivity index is 1.69. The van der Waals surface area contributed by atoms with Gasteiger partial charge in [-0.2, -0.15) is 0 Å². The fraction of sp³-hybridized carbons (Fsp3) is 0.375. The Morgan fingerprint density at radius 1 is 0.967 bits per heavy atom. The number of amides is 2. The average molecular weight is 408 g/mol. The van der Waals surface area contributed by atoms with Gasteiger partial charge in [0.1, 0.15) is 6.04 Å². The molecule has 1 aliphatic rings. The summed E-state index contributed by atoms with van der Waals surface area (Å²) in [5.74, 6) is -1.42. The summed E-state index contributed by atoms with van der Waals surface area (Å²) in [5.41, 5.74) is 1.46. The van der Waals surface area contributed by atoms with E-state index in [-0.39, 0.29) is 30.2 Å². The molecule has 0 aliphatic heterocycles. The lowest BCUT2D eigenvalue weighted by molar-refractivity contribution is -0.160. The Bertz CT molecular complexity index is 863. The van der Waals surface area contributed by atoms with Crippen molar-refractivity contribution in [2.75, 3.05) is 0 Å². The zero-order chi connectivity index (χ0) is 21.5. The normalized spacial score (nSPS) is 15.2. The first kappa shape index (κ1) is 21.6. The number of nitrogens with one attached hydrogen (secondary N) is 2. The molecule has 1 saturated carbocycles. The van der Waals surface area contributed by atoms with Crippen LogP contribution in [0.1, 0.15) is 43.9 Å². The maximum absolute atomic E-state index is 12.9. The average Bonchev–Trinajstić information content (AvgIpc) is 3.55. The van der Waals surface area contributed by atoms with E-state index in [4.69, 9.17) is 4.74 Å². The fourth-order valence-electron chi connectivity index (χ4n) is 3.10. The molecule has 3 rings (SSSR count). The van der Waals surface area contributed by atoms with Gasteiger partial charge in [-0.25, -0.2) is 4.79 Å². The Kier molecular flexibility index (Phi) is 7.22. The summed E-state index contributed by atoms with van der Waals surface area (Å²) < 4.78 is 5.64. The molecule has 2 N–H and O–H groups in total. The van der Waals surface area contributed by atoms with E-state index in [0.717, 1.165) is 18.4 Å². The maximum atomic E-state index is 12.9. The Labute approximate surface area is 177 Å². The van der Waals surface area contributed by atoms with E-state index in [9.17, 15) is 14.4 Å². The van der Waals surface area contributed by atoms with Crippen LogP contribution in [0.5, 0.6) is 0 Å². The summed E-state index contributed by atoms with van der Waals surface area (Å²) in [6.45, 7) is 3.66. The molecule has 6 heteroatoms. The molecule has 1 aliphatic carbocycles. The number of carbonyl (C=O) groups is 3. The first-order chi connectivity index (χ1) is 14.4. The topological polar surface area (TPSA) is 84.5 Å². The van der Waals surface area contributed by atoms with Crippen molar-refractivity contribution in [1.82, 2.24) is 10.6 Å². The van der Waals surface area contributed by atoms with Gasteiger partial charge in [-0.1, -0.05) is 74.5 Å². The molecule has 0 aromatic heterocycles. The van der Waals surface area contributed by atoms with Crippen LogP contribution in [0.25, 0.3) is 0 Å². The number of ether oxygens (including phenoxy) is 1. The van der Waals surface area contributed by atoms with Crippen LogP contribution in [0.4, 0.5) is 0 Å². The van der Waals surface area contributed by atoms with E-state index < -0.39 is 18.1 Å². The summed E-state index contributed by atoms with van der Waals surface area (Å²) >= 11 is 0. The van der Waals surface area contributed by atoms with Crippen LogP contribution in [-0.4, -0.2) is 29.9 Å². The third-order valence-electron chi connectivity index (χ3n) is 4.94. The minimum atomic E-state index is -1.05. The zero-order valence-corrected chi connectivity index (χ0v) is 17.3. The second-order valence-corrected chi connectivity index (χ2v) is 7.96. The van der Waals surface area contributed by atoms with Crippen LogP contribution < -0.4 is 10.6 Å². The molecular formula is C24H28N2O4. The van der Waals surface area contributed by atoms with Crippen molar-refractivity contribution < 1.29 is 19.1 Å². The summed E-state index contributed by atoms with van der Waals surface area (Å²) in [6, 6.07) is 17.5. The minimum absolute atomic E-state index is 0.147. The van der Waals surface area contributed by atoms with Crippen molar-refractivity contribution in [3.8, 4) is 0 Å². The molecule has 30 heavy (non-hydrogen) atoms. The van der Waals surface area contributed by atoms with E-state index in [0.29, 0.717) is 5.56 Å². The smallest absolute Gasteiger partial charge is 0.330 e. The molecule has 1 fully saturated rings. The molecule has 0 spiro atoms. The predicted molar refractivity (Wildman–Crippen MR) is 113 cm³/mol. The number of benzene rings is 2. The summed E-state index contributed by atoms with van der Waals surface area (Å²) in [5, 5.41) is 5.66. The van der Waals surface area contributed by atoms with Gasteiger partial charge in [-0.05, 0) is 24.3 Å². The minimum Gasteiger partial charge on any atom is -0.446 e. The van der Waals surface area contributed by atoms with Gasteiger partial charge in [0.05, 0.1) is 6.42 Å². The highest BCUT2D eigenvalue weighted by molar-refractivity contribution is 5.89. The van der Waals surface area contributed by atoms with E-state index >= 15 is 0 Å². The van der Waals surface area contributed by atoms with Crippen molar-refractivity contribution in [1.29, 1.82) is 0 Å². The highest BCUT2D eigenvalue weighted by Gasteiger charge is 2.34. The highest BCUT2D eigenvalue weighted by atomic mass is 16.5. The number of esters is 1. The van der Waals surface area contributed by atoms with Crippen LogP contribution >= 0.6 is 0 Å². The Morgan fingerprint density at radius 3 is 2.13 bits per heavy atom. The Morgan fingerprint density at radius 2 is 1.57 bits per heavy atom. The second-order valence-electron chi connectivity index (χ2n) is 7.96. The molecule has 0 bridgehead atoms. The Hall–Kier alpha value is -3.15. The van der Waals surface area contributed by atoms with Crippen LogP contribution in [0.3, 0.4) is 0 Å². The van der Waals surface area contributed by atoms with Crippen LogP contribution in [0, 0.1) is 5.92 Å². The first-order valence-corrected chi connectivity index (χ1v) is 10.3. The summed E-state index contributed by atoms with van der Waals surface area (Å²) in [4.78, 5) is 38.1. The largest absolute Gasteiger partial charge is 0.446 e. The quantitative estimate of drug-likeness (QED) is 0.625. The molecule has 2 amide bonds. The molecular weight excluding hydrogens is 380 g/mol. The summed E-state index contributed by atoms with van der Waals surface area (Å²) in [7, 11) is 0. The lowest BCUT2D eigenvalue weighted by Crippen LogP contribution is -2.47. The first-order valence-electron chi connectivity index (χ1n) is 10.3. The lowest BCUT2D eigenvalue weighted by Gasteiger charge is -2.24. The molecule has 2 aromatic carbocycles. The van der Waals surface area contributed by atoms with Gasteiger partial charge >= 0.3 is 5.97 Å². The number of hydrogen-bond donors (Lipinski definition) is 2. The molecule has 6 nitrogen and oxygen atoms in total. The van der Waals surface area contributed by atoms with Crippen molar-refractivity contribution in [2.24, 2.45) is 5.92 Å². The molecule has 2 aromatic rings. The van der Waals surface area contributed by atoms with Gasteiger partial charge < -0.3 is 15.4 Å². The van der Waals surface area contributed by atoms with Gasteiger partial charge in [-0.15, -0.1) is 0 Å². The van der Waals surface area contributed by atoms with Crippen molar-refractivity contribution in [3.05, 3.63) is 71.8 Å². The molecule has 0 unspecified atom stereocenters. The molecule has 0 heterocycles. The third kappa shape index (κ3) is 6.17. The number of hydrogen-bond acceptors (Lipinski definition) is 4. The fourth-order valence-corrected chi connectivity index (χ4v) is 3.10. The third-order valence-corrected chi connectivity index (χ3v) is 4.94. The van der Waals surface area contributed by atoms with Crippen molar-refractivity contribution >= 4 is 17.8 Å². The zero-order valence-electron chi connectivity index (χ0n) is 17.3. The molecule has 0 radical (unpaired) electrons. The lowest BCUT2D eigenvalue weighted by atomic mass is 10.0. The summed E-state index contributed by atoms with van der Waals surface area (Å²) in [6.07, 6.45) is 0.991. The van der Waals surface area contributed by atoms with Crippen LogP contribution in [0.15, 0.2) is 60.7 Å². The molecule has 2 atom stereocenters. The standard InChI is InChI=1S/C24H28N2O4/c1-16(2)21(26-20(27)15-17-9-5-3-6-10-17)24(29)30-22(18-11-7-4-8-12-18)23(28)25-19-13-14-19/h3-12,16,19,21-22H,13-15H2,1-2H3,(H,25,28)(H,26,27)/t21-,22+/m0/s1. The number of carbonyl (C=O) groups excluding carboxylic acids is 3. The molecule has 0 saturated heterocycles. The van der Waals surface area contributed by atoms with Gasteiger partial charge in [-0.3, -0.25) is 9.59 Å². The van der Waals surface area contributed by atoms with Gasteiger partial charge in [0.15, 0.2) is 0 Å². The van der Waals surface area contributed by atoms with Crippen LogP contribution in [-0.2, 0) is 25.5 Å². The van der Waals surface area contributed by atoms with Gasteiger partial charge in [0.2, 0.25) is 12.0 Å². The van der Waals surface area contributed by atoms with Gasteiger partial charge in [0.25, 0.3) is 5.91 Å². The number of rotatable bonds is 9. The van der Waals surface area contributed by atoms with Crippen molar-refractivity contribution in [2.45, 2.75) is 51.3 Å².